The van der Waals surface area contributed by atoms with Gasteiger partial charge in [0.15, 0.2) is 23.4 Å². The number of nitrogens with one attached hydrogen (secondary N) is 2. The first-order valence-corrected chi connectivity index (χ1v) is 7.97. The molecule has 25 heavy (non-hydrogen) atoms. The normalized spacial score (nSPS) is 11.7. The molecule has 0 amide bonds. The smallest absolute Gasteiger partial charge is 0.191 e. The zero-order valence-corrected chi connectivity index (χ0v) is 14.5. The Hall–Kier alpha value is -2.64. The van der Waals surface area contributed by atoms with Crippen LogP contribution in [0.2, 0.25) is 0 Å². The number of hydrogen-bond donors (Lipinski definition) is 2. The predicted molar refractivity (Wildman–Crippen MR) is 90.6 cm³/mol. The molecule has 0 radical (unpaired) electrons. The van der Waals surface area contributed by atoms with Crippen LogP contribution in [-0.2, 0) is 6.54 Å². The van der Waals surface area contributed by atoms with Crippen molar-refractivity contribution >= 4 is 5.96 Å². The largest absolute Gasteiger partial charge is 0.492 e. The SMILES string of the molecule is CN=C(NCCOc1ccc(F)c(F)c1)NCc1cc(C(C)C)no1. The molecule has 136 valence electrons. The molecule has 6 nitrogen and oxygen atoms in total. The maximum atomic E-state index is 13.1. The van der Waals surface area contributed by atoms with Crippen molar-refractivity contribution in [1.29, 1.82) is 0 Å². The molecule has 0 aliphatic heterocycles. The number of aromatic nitrogens is 1. The van der Waals surface area contributed by atoms with Crippen molar-refractivity contribution in [3.63, 3.8) is 0 Å². The molecule has 0 saturated heterocycles. The monoisotopic (exact) mass is 352 g/mol. The van der Waals surface area contributed by atoms with E-state index in [-0.39, 0.29) is 12.4 Å². The van der Waals surface area contributed by atoms with Gasteiger partial charge in [-0.3, -0.25) is 4.99 Å². The van der Waals surface area contributed by atoms with Crippen molar-refractivity contribution < 1.29 is 18.0 Å². The van der Waals surface area contributed by atoms with E-state index in [2.05, 4.69) is 20.8 Å². The second-order valence-electron chi connectivity index (χ2n) is 5.65. The molecule has 0 aliphatic rings. The zero-order chi connectivity index (χ0) is 18.2. The Labute approximate surface area is 145 Å². The van der Waals surface area contributed by atoms with E-state index in [4.69, 9.17) is 9.26 Å². The first-order chi connectivity index (χ1) is 12.0. The van der Waals surface area contributed by atoms with Gasteiger partial charge >= 0.3 is 0 Å². The number of benzene rings is 1. The molecule has 2 N–H and O–H groups in total. The molecule has 1 aromatic carbocycles. The fraction of sp³-hybridized carbons (Fsp3) is 0.412. The second kappa shape index (κ2) is 9.00. The molecule has 1 aromatic heterocycles. The number of aliphatic imine (C=N–C) groups is 1. The highest BCUT2D eigenvalue weighted by Crippen LogP contribution is 2.15. The van der Waals surface area contributed by atoms with E-state index in [0.29, 0.717) is 30.7 Å². The number of nitrogens with zero attached hydrogens (tertiary/aromatic N) is 2. The van der Waals surface area contributed by atoms with E-state index in [1.807, 2.05) is 19.9 Å². The third kappa shape index (κ3) is 5.74. The van der Waals surface area contributed by atoms with E-state index >= 15 is 0 Å². The highest BCUT2D eigenvalue weighted by atomic mass is 19.2. The quantitative estimate of drug-likeness (QED) is 0.455. The lowest BCUT2D eigenvalue weighted by molar-refractivity contribution is 0.318. The summed E-state index contributed by atoms with van der Waals surface area (Å²) in [5, 5.41) is 10.1. The molecule has 8 heteroatoms. The van der Waals surface area contributed by atoms with Crippen LogP contribution in [0, 0.1) is 11.6 Å². The maximum Gasteiger partial charge on any atom is 0.191 e. The first-order valence-electron chi connectivity index (χ1n) is 7.97. The van der Waals surface area contributed by atoms with E-state index < -0.39 is 11.6 Å². The maximum absolute atomic E-state index is 13.1. The number of hydrogen-bond acceptors (Lipinski definition) is 4. The van der Waals surface area contributed by atoms with Crippen molar-refractivity contribution in [2.24, 2.45) is 4.99 Å². The highest BCUT2D eigenvalue weighted by Gasteiger charge is 2.08. The molecule has 0 fully saturated rings. The summed E-state index contributed by atoms with van der Waals surface area (Å²) in [5.41, 5.74) is 0.902. The van der Waals surface area contributed by atoms with Gasteiger partial charge in [0, 0.05) is 19.2 Å². The van der Waals surface area contributed by atoms with Gasteiger partial charge in [0.05, 0.1) is 18.8 Å². The Morgan fingerprint density at radius 1 is 1.24 bits per heavy atom. The second-order valence-corrected chi connectivity index (χ2v) is 5.65. The number of rotatable bonds is 7. The minimum absolute atomic E-state index is 0.269. The van der Waals surface area contributed by atoms with E-state index in [1.54, 1.807) is 7.05 Å². The molecule has 0 aliphatic carbocycles. The summed E-state index contributed by atoms with van der Waals surface area (Å²) >= 11 is 0. The number of ether oxygens (including phenoxy) is 1. The van der Waals surface area contributed by atoms with Gasteiger partial charge < -0.3 is 19.9 Å². The van der Waals surface area contributed by atoms with Gasteiger partial charge in [-0.15, -0.1) is 0 Å². The Balaban J connectivity index is 1.71. The van der Waals surface area contributed by atoms with Gasteiger partial charge in [0.25, 0.3) is 0 Å². The molecule has 0 bridgehead atoms. The minimum Gasteiger partial charge on any atom is -0.492 e. The summed E-state index contributed by atoms with van der Waals surface area (Å²) in [6.07, 6.45) is 0. The lowest BCUT2D eigenvalue weighted by Crippen LogP contribution is -2.38. The van der Waals surface area contributed by atoms with Crippen LogP contribution in [0.4, 0.5) is 8.78 Å². The predicted octanol–water partition coefficient (Wildman–Crippen LogP) is 2.82. The fourth-order valence-electron chi connectivity index (χ4n) is 1.98. The third-order valence-electron chi connectivity index (χ3n) is 3.38. The molecule has 1 heterocycles. The van der Waals surface area contributed by atoms with Crippen molar-refractivity contribution in [1.82, 2.24) is 15.8 Å². The van der Waals surface area contributed by atoms with Crippen LogP contribution in [0.25, 0.3) is 0 Å². The van der Waals surface area contributed by atoms with Gasteiger partial charge in [-0.25, -0.2) is 8.78 Å². The van der Waals surface area contributed by atoms with Crippen LogP contribution >= 0.6 is 0 Å². The molecule has 2 rings (SSSR count). The Kier molecular flexibility index (Phi) is 6.73. The lowest BCUT2D eigenvalue weighted by Gasteiger charge is -2.11. The van der Waals surface area contributed by atoms with E-state index in [0.717, 1.165) is 17.8 Å². The number of halogens is 2. The molecule has 0 atom stereocenters. The van der Waals surface area contributed by atoms with Crippen LogP contribution in [0.3, 0.4) is 0 Å². The van der Waals surface area contributed by atoms with Gasteiger partial charge in [-0.05, 0) is 18.1 Å². The molecule has 0 spiro atoms. The molecule has 2 aromatic rings. The van der Waals surface area contributed by atoms with Crippen LogP contribution in [-0.4, -0.2) is 31.3 Å². The minimum atomic E-state index is -0.934. The van der Waals surface area contributed by atoms with Crippen LogP contribution in [0.15, 0.2) is 33.8 Å². The molecular formula is C17H22F2N4O2. The molecule has 0 unspecified atom stereocenters. The third-order valence-corrected chi connectivity index (χ3v) is 3.38. The zero-order valence-electron chi connectivity index (χ0n) is 14.5. The molecule has 0 saturated carbocycles. The van der Waals surface area contributed by atoms with Crippen LogP contribution in [0.5, 0.6) is 5.75 Å². The summed E-state index contributed by atoms with van der Waals surface area (Å²) in [7, 11) is 1.64. The topological polar surface area (TPSA) is 71.7 Å². The van der Waals surface area contributed by atoms with Crippen molar-refractivity contribution in [2.45, 2.75) is 26.3 Å². The Bertz CT molecular complexity index is 716. The van der Waals surface area contributed by atoms with E-state index in [9.17, 15) is 8.78 Å². The Morgan fingerprint density at radius 3 is 2.68 bits per heavy atom. The van der Waals surface area contributed by atoms with Gasteiger partial charge in [-0.1, -0.05) is 19.0 Å². The highest BCUT2D eigenvalue weighted by molar-refractivity contribution is 5.79. The van der Waals surface area contributed by atoms with Gasteiger partial charge in [0.2, 0.25) is 0 Å². The first kappa shape index (κ1) is 18.7. The average Bonchev–Trinajstić information content (AvgIpc) is 3.06. The summed E-state index contributed by atoms with van der Waals surface area (Å²) in [6.45, 7) is 5.24. The summed E-state index contributed by atoms with van der Waals surface area (Å²) in [5.74, 6) is 0.0230. The summed E-state index contributed by atoms with van der Waals surface area (Å²) in [6, 6.07) is 5.32. The van der Waals surface area contributed by atoms with Gasteiger partial charge in [-0.2, -0.15) is 0 Å². The molecular weight excluding hydrogens is 330 g/mol. The van der Waals surface area contributed by atoms with E-state index in [1.165, 1.54) is 6.07 Å². The van der Waals surface area contributed by atoms with Crippen molar-refractivity contribution in [2.75, 3.05) is 20.2 Å². The summed E-state index contributed by atoms with van der Waals surface area (Å²) in [4.78, 5) is 4.08. The summed E-state index contributed by atoms with van der Waals surface area (Å²) < 4.78 is 36.5. The van der Waals surface area contributed by atoms with Crippen molar-refractivity contribution in [3.05, 3.63) is 47.4 Å². The Morgan fingerprint density at radius 2 is 2.04 bits per heavy atom. The lowest BCUT2D eigenvalue weighted by atomic mass is 10.1. The van der Waals surface area contributed by atoms with Crippen LogP contribution in [0.1, 0.15) is 31.2 Å². The standard InChI is InChI=1S/C17H22F2N4O2/c1-11(2)16-9-13(25-23-16)10-22-17(20-3)21-6-7-24-12-4-5-14(18)15(19)8-12/h4-5,8-9,11H,6-7,10H2,1-3H3,(H2,20,21,22). The average molecular weight is 352 g/mol. The number of guanidine groups is 1. The van der Waals surface area contributed by atoms with Crippen LogP contribution < -0.4 is 15.4 Å². The fourth-order valence-corrected chi connectivity index (χ4v) is 1.98. The van der Waals surface area contributed by atoms with Gasteiger partial charge in [0.1, 0.15) is 12.4 Å². The van der Waals surface area contributed by atoms with Crippen molar-refractivity contribution in [3.8, 4) is 5.75 Å².